The molecule has 0 aromatic carbocycles. The molecule has 0 saturated carbocycles. The Kier molecular flexibility index (Phi) is 13.6. The number of hydrogen-bond donors (Lipinski definition) is 0. The minimum absolute atomic E-state index is 0.00871. The van der Waals surface area contributed by atoms with Gasteiger partial charge in [0.1, 0.15) is 5.76 Å². The Balaban J connectivity index is 2.02. The molecule has 150 valence electrons. The summed E-state index contributed by atoms with van der Waals surface area (Å²) in [5.41, 5.74) is 0. The van der Waals surface area contributed by atoms with Gasteiger partial charge in [-0.3, -0.25) is 4.79 Å². The first kappa shape index (κ1) is 23.2. The molecule has 4 nitrogen and oxygen atoms in total. The monoisotopic (exact) mass is 429 g/mol. The molecular formula is C21H36BrNO3. The van der Waals surface area contributed by atoms with E-state index in [2.05, 4.69) is 15.9 Å². The molecule has 0 fully saturated rings. The number of furan rings is 1. The second-order valence-corrected chi connectivity index (χ2v) is 7.42. The number of ether oxygens (including phenoxy) is 1. The van der Waals surface area contributed by atoms with Gasteiger partial charge in [-0.15, -0.1) is 0 Å². The fourth-order valence-electron chi connectivity index (χ4n) is 2.91. The molecule has 0 N–H and O–H groups in total. The molecule has 0 saturated heterocycles. The molecule has 5 heteroatoms. The Morgan fingerprint density at radius 2 is 1.58 bits per heavy atom. The predicted octanol–water partition coefficient (Wildman–Crippen LogP) is 5.84. The lowest BCUT2D eigenvalue weighted by Gasteiger charge is -2.16. The zero-order valence-electron chi connectivity index (χ0n) is 16.6. The van der Waals surface area contributed by atoms with Gasteiger partial charge in [-0.25, -0.2) is 0 Å². The van der Waals surface area contributed by atoms with Crippen LogP contribution in [0.15, 0.2) is 16.5 Å². The van der Waals surface area contributed by atoms with Gasteiger partial charge in [0.25, 0.3) is 5.91 Å². The molecule has 1 rings (SSSR count). The van der Waals surface area contributed by atoms with Crippen molar-refractivity contribution in [2.24, 2.45) is 0 Å². The third-order valence-electron chi connectivity index (χ3n) is 4.56. The van der Waals surface area contributed by atoms with Crippen LogP contribution in [0.3, 0.4) is 0 Å². The van der Waals surface area contributed by atoms with Gasteiger partial charge in [-0.1, -0.05) is 41.6 Å². The topological polar surface area (TPSA) is 42.7 Å². The molecule has 0 bridgehead atoms. The van der Waals surface area contributed by atoms with Gasteiger partial charge >= 0.3 is 0 Å². The van der Waals surface area contributed by atoms with Crippen LogP contribution in [0, 0.1) is 0 Å². The molecule has 0 aliphatic rings. The molecule has 1 heterocycles. The Hall–Kier alpha value is -0.810. The second-order valence-electron chi connectivity index (χ2n) is 6.62. The van der Waals surface area contributed by atoms with Crippen LogP contribution >= 0.6 is 15.9 Å². The van der Waals surface area contributed by atoms with E-state index in [1.807, 2.05) is 26.0 Å². The minimum Gasteiger partial charge on any atom is -0.456 e. The van der Waals surface area contributed by atoms with Gasteiger partial charge in [-0.05, 0) is 51.7 Å². The molecule has 0 atom stereocenters. The Labute approximate surface area is 167 Å². The van der Waals surface area contributed by atoms with Crippen molar-refractivity contribution in [2.75, 3.05) is 31.6 Å². The molecule has 0 radical (unpaired) electrons. The number of carbonyl (C=O) groups is 1. The normalized spacial score (nSPS) is 11.0. The van der Waals surface area contributed by atoms with Crippen molar-refractivity contribution in [1.82, 2.24) is 4.90 Å². The van der Waals surface area contributed by atoms with Gasteiger partial charge in [-0.2, -0.15) is 0 Å². The summed E-state index contributed by atoms with van der Waals surface area (Å²) in [6.07, 6.45) is 10.5. The van der Waals surface area contributed by atoms with E-state index in [0.29, 0.717) is 18.8 Å². The SMILES string of the molecule is CCN(CC)C(=O)c1ccc(CCCCCCOCCCCCCBr)o1. The highest BCUT2D eigenvalue weighted by atomic mass is 79.9. The number of halogens is 1. The van der Waals surface area contributed by atoms with Crippen LogP contribution < -0.4 is 0 Å². The second kappa shape index (κ2) is 15.3. The van der Waals surface area contributed by atoms with E-state index in [1.165, 1.54) is 38.5 Å². The number of hydrogen-bond acceptors (Lipinski definition) is 3. The van der Waals surface area contributed by atoms with E-state index in [9.17, 15) is 4.79 Å². The zero-order valence-corrected chi connectivity index (χ0v) is 18.2. The molecule has 0 spiro atoms. The molecule has 0 unspecified atom stereocenters. The largest absolute Gasteiger partial charge is 0.456 e. The lowest BCUT2D eigenvalue weighted by molar-refractivity contribution is 0.0739. The van der Waals surface area contributed by atoms with E-state index in [-0.39, 0.29) is 5.91 Å². The third-order valence-corrected chi connectivity index (χ3v) is 5.12. The van der Waals surface area contributed by atoms with Crippen LogP contribution in [0.2, 0.25) is 0 Å². The molecular weight excluding hydrogens is 394 g/mol. The van der Waals surface area contributed by atoms with Crippen LogP contribution in [0.1, 0.15) is 81.5 Å². The zero-order chi connectivity index (χ0) is 19.0. The van der Waals surface area contributed by atoms with Crippen LogP contribution in [0.4, 0.5) is 0 Å². The molecule has 1 aromatic rings. The van der Waals surface area contributed by atoms with Crippen molar-refractivity contribution in [3.63, 3.8) is 0 Å². The predicted molar refractivity (Wildman–Crippen MR) is 111 cm³/mol. The van der Waals surface area contributed by atoms with Gasteiger partial charge < -0.3 is 14.1 Å². The smallest absolute Gasteiger partial charge is 0.289 e. The summed E-state index contributed by atoms with van der Waals surface area (Å²) in [5, 5.41) is 1.11. The van der Waals surface area contributed by atoms with Crippen LogP contribution in [0.25, 0.3) is 0 Å². The quantitative estimate of drug-likeness (QED) is 0.245. The van der Waals surface area contributed by atoms with Gasteiger partial charge in [0.05, 0.1) is 0 Å². The average molecular weight is 430 g/mol. The summed E-state index contributed by atoms with van der Waals surface area (Å²) in [6, 6.07) is 3.75. The number of carbonyl (C=O) groups excluding carboxylic acids is 1. The Morgan fingerprint density at radius 3 is 2.19 bits per heavy atom. The summed E-state index contributed by atoms with van der Waals surface area (Å²) in [6.45, 7) is 7.17. The van der Waals surface area contributed by atoms with E-state index in [0.717, 1.165) is 43.6 Å². The average Bonchev–Trinajstić information content (AvgIpc) is 3.12. The summed E-state index contributed by atoms with van der Waals surface area (Å²) in [5.74, 6) is 1.37. The number of aryl methyl sites for hydroxylation is 1. The lowest BCUT2D eigenvalue weighted by Crippen LogP contribution is -2.30. The van der Waals surface area contributed by atoms with Gasteiger partial charge in [0.15, 0.2) is 5.76 Å². The number of alkyl halides is 1. The van der Waals surface area contributed by atoms with Gasteiger partial charge in [0, 0.05) is 38.1 Å². The van der Waals surface area contributed by atoms with E-state index in [1.54, 1.807) is 4.90 Å². The fourth-order valence-corrected chi connectivity index (χ4v) is 3.30. The first-order valence-electron chi connectivity index (χ1n) is 10.2. The Morgan fingerprint density at radius 1 is 0.962 bits per heavy atom. The van der Waals surface area contributed by atoms with Crippen molar-refractivity contribution in [3.05, 3.63) is 23.7 Å². The Bertz CT molecular complexity index is 472. The van der Waals surface area contributed by atoms with Crippen LogP contribution in [-0.2, 0) is 11.2 Å². The first-order chi connectivity index (χ1) is 12.7. The van der Waals surface area contributed by atoms with Crippen molar-refractivity contribution in [2.45, 2.75) is 71.6 Å². The van der Waals surface area contributed by atoms with Crippen LogP contribution in [-0.4, -0.2) is 42.4 Å². The summed E-state index contributed by atoms with van der Waals surface area (Å²) in [4.78, 5) is 14.0. The highest BCUT2D eigenvalue weighted by Crippen LogP contribution is 2.14. The molecule has 26 heavy (non-hydrogen) atoms. The maximum Gasteiger partial charge on any atom is 0.289 e. The first-order valence-corrected chi connectivity index (χ1v) is 11.4. The minimum atomic E-state index is -0.00871. The lowest BCUT2D eigenvalue weighted by atomic mass is 10.1. The van der Waals surface area contributed by atoms with E-state index < -0.39 is 0 Å². The highest BCUT2D eigenvalue weighted by Gasteiger charge is 2.16. The van der Waals surface area contributed by atoms with Crippen LogP contribution in [0.5, 0.6) is 0 Å². The molecule has 1 amide bonds. The van der Waals surface area contributed by atoms with E-state index >= 15 is 0 Å². The fraction of sp³-hybridized carbons (Fsp3) is 0.762. The van der Waals surface area contributed by atoms with Crippen molar-refractivity contribution >= 4 is 21.8 Å². The number of amides is 1. The number of nitrogens with zero attached hydrogens (tertiary/aromatic N) is 1. The van der Waals surface area contributed by atoms with E-state index in [4.69, 9.17) is 9.15 Å². The van der Waals surface area contributed by atoms with Crippen molar-refractivity contribution in [1.29, 1.82) is 0 Å². The molecule has 1 aromatic heterocycles. The van der Waals surface area contributed by atoms with Gasteiger partial charge in [0.2, 0.25) is 0 Å². The number of rotatable bonds is 16. The molecule has 0 aliphatic carbocycles. The highest BCUT2D eigenvalue weighted by molar-refractivity contribution is 9.09. The van der Waals surface area contributed by atoms with Crippen molar-refractivity contribution < 1.29 is 13.9 Å². The molecule has 0 aliphatic heterocycles. The van der Waals surface area contributed by atoms with Crippen molar-refractivity contribution in [3.8, 4) is 0 Å². The maximum absolute atomic E-state index is 12.2. The summed E-state index contributed by atoms with van der Waals surface area (Å²) < 4.78 is 11.4. The summed E-state index contributed by atoms with van der Waals surface area (Å²) >= 11 is 3.45. The standard InChI is InChI=1S/C21H36BrNO3/c1-3-23(4-2)21(24)20-15-14-19(26-20)13-9-5-7-11-17-25-18-12-8-6-10-16-22/h14-15H,3-13,16-18H2,1-2H3. The maximum atomic E-state index is 12.2. The number of unbranched alkanes of at least 4 members (excludes halogenated alkanes) is 6. The third kappa shape index (κ3) is 9.77. The summed E-state index contributed by atoms with van der Waals surface area (Å²) in [7, 11) is 0.